The van der Waals surface area contributed by atoms with Gasteiger partial charge in [-0.1, -0.05) is 13.5 Å². The van der Waals surface area contributed by atoms with Crippen molar-refractivity contribution in [1.29, 1.82) is 0 Å². The second-order valence-corrected chi connectivity index (χ2v) is 2.75. The fraction of sp³-hybridized carbons (Fsp3) is 0.556. The van der Waals surface area contributed by atoms with Crippen LogP contribution in [0.15, 0.2) is 12.7 Å². The number of hydrogen-bond acceptors (Lipinski definition) is 3. The van der Waals surface area contributed by atoms with Gasteiger partial charge in [0.25, 0.3) is 0 Å². The molecule has 0 fully saturated rings. The van der Waals surface area contributed by atoms with Crippen molar-refractivity contribution in [2.45, 2.75) is 32.4 Å². The van der Waals surface area contributed by atoms with Crippen LogP contribution in [0.1, 0.15) is 20.3 Å². The molecule has 0 saturated carbocycles. The number of ketones is 1. The summed E-state index contributed by atoms with van der Waals surface area (Å²) in [6.45, 7) is 6.40. The zero-order valence-corrected chi connectivity index (χ0v) is 7.91. The molecule has 0 aliphatic rings. The zero-order chi connectivity index (χ0) is 10.4. The highest BCUT2D eigenvalue weighted by Gasteiger charge is 2.22. The molecule has 2 atom stereocenters. The highest BCUT2D eigenvalue weighted by Crippen LogP contribution is 1.96. The van der Waals surface area contributed by atoms with Crippen LogP contribution in [0.3, 0.4) is 0 Å². The first-order chi connectivity index (χ1) is 6.02. The van der Waals surface area contributed by atoms with Crippen molar-refractivity contribution >= 4 is 11.7 Å². The monoisotopic (exact) mass is 185 g/mol. The van der Waals surface area contributed by atoms with Gasteiger partial charge in [0.15, 0.2) is 5.78 Å². The van der Waals surface area contributed by atoms with E-state index in [-0.39, 0.29) is 18.1 Å². The predicted octanol–water partition coefficient (Wildman–Crippen LogP) is 0.0171. The van der Waals surface area contributed by atoms with Crippen LogP contribution in [-0.2, 0) is 9.59 Å². The first-order valence-electron chi connectivity index (χ1n) is 4.16. The molecule has 4 heteroatoms. The third-order valence-corrected chi connectivity index (χ3v) is 1.63. The number of carbonyl (C=O) groups is 2. The van der Waals surface area contributed by atoms with Gasteiger partial charge in [-0.25, -0.2) is 0 Å². The van der Waals surface area contributed by atoms with E-state index in [0.29, 0.717) is 0 Å². The van der Waals surface area contributed by atoms with Gasteiger partial charge in [-0.15, -0.1) is 0 Å². The molecule has 0 aromatic carbocycles. The summed E-state index contributed by atoms with van der Waals surface area (Å²) in [5.74, 6) is -0.641. The van der Waals surface area contributed by atoms with E-state index in [1.807, 2.05) is 0 Å². The standard InChI is InChI=1S/C9H15NO3/c1-4-7(12)9(6(3)11)10-8(13)5-2/h4,6,9,11H,1,5H2,2-3H3,(H,10,13)/t6-,9+/m1/s1. The van der Waals surface area contributed by atoms with Crippen molar-refractivity contribution in [2.24, 2.45) is 0 Å². The molecule has 74 valence electrons. The highest BCUT2D eigenvalue weighted by molar-refractivity contribution is 5.96. The lowest BCUT2D eigenvalue weighted by atomic mass is 10.1. The fourth-order valence-corrected chi connectivity index (χ4v) is 0.832. The van der Waals surface area contributed by atoms with E-state index >= 15 is 0 Å². The Morgan fingerprint density at radius 1 is 1.62 bits per heavy atom. The maximum atomic E-state index is 11.1. The van der Waals surface area contributed by atoms with E-state index in [9.17, 15) is 14.7 Å². The van der Waals surface area contributed by atoms with Gasteiger partial charge in [-0.3, -0.25) is 9.59 Å². The summed E-state index contributed by atoms with van der Waals surface area (Å²) in [7, 11) is 0. The maximum Gasteiger partial charge on any atom is 0.220 e. The van der Waals surface area contributed by atoms with Crippen LogP contribution in [0, 0.1) is 0 Å². The fourth-order valence-electron chi connectivity index (χ4n) is 0.832. The molecule has 1 amide bonds. The molecule has 0 saturated heterocycles. The Morgan fingerprint density at radius 2 is 2.15 bits per heavy atom. The Hall–Kier alpha value is -1.16. The SMILES string of the molecule is C=CC(=O)[C@@H](NC(=O)CC)[C@@H](C)O. The van der Waals surface area contributed by atoms with Crippen LogP contribution in [0.4, 0.5) is 0 Å². The molecule has 0 spiro atoms. The number of hydrogen-bond donors (Lipinski definition) is 2. The van der Waals surface area contributed by atoms with Gasteiger partial charge in [0.2, 0.25) is 5.91 Å². The zero-order valence-electron chi connectivity index (χ0n) is 7.91. The van der Waals surface area contributed by atoms with E-state index in [1.54, 1.807) is 6.92 Å². The van der Waals surface area contributed by atoms with Crippen molar-refractivity contribution in [3.8, 4) is 0 Å². The Kier molecular flexibility index (Phi) is 4.99. The normalized spacial score (nSPS) is 14.4. The minimum Gasteiger partial charge on any atom is -0.391 e. The number of nitrogens with one attached hydrogen (secondary N) is 1. The number of carbonyl (C=O) groups excluding carboxylic acids is 2. The van der Waals surface area contributed by atoms with Crippen LogP contribution in [0.2, 0.25) is 0 Å². The molecule has 0 heterocycles. The first kappa shape index (κ1) is 11.8. The molecule has 2 N–H and O–H groups in total. The molecular formula is C9H15NO3. The molecule has 0 bridgehead atoms. The van der Waals surface area contributed by atoms with E-state index < -0.39 is 12.1 Å². The second-order valence-electron chi connectivity index (χ2n) is 2.75. The molecule has 0 aliphatic carbocycles. The Balaban J connectivity index is 4.34. The lowest BCUT2D eigenvalue weighted by molar-refractivity contribution is -0.127. The van der Waals surface area contributed by atoms with Gasteiger partial charge < -0.3 is 10.4 Å². The van der Waals surface area contributed by atoms with Crippen molar-refractivity contribution < 1.29 is 14.7 Å². The molecule has 0 aliphatic heterocycles. The largest absolute Gasteiger partial charge is 0.391 e. The summed E-state index contributed by atoms with van der Waals surface area (Å²) in [5.41, 5.74) is 0. The van der Waals surface area contributed by atoms with Crippen molar-refractivity contribution in [1.82, 2.24) is 5.32 Å². The van der Waals surface area contributed by atoms with Gasteiger partial charge >= 0.3 is 0 Å². The number of aliphatic hydroxyl groups is 1. The minimum atomic E-state index is -0.902. The third kappa shape index (κ3) is 3.85. The van der Waals surface area contributed by atoms with Crippen LogP contribution in [0.5, 0.6) is 0 Å². The minimum absolute atomic E-state index is 0.263. The van der Waals surface area contributed by atoms with E-state index in [1.165, 1.54) is 6.92 Å². The van der Waals surface area contributed by atoms with E-state index in [4.69, 9.17) is 0 Å². The second kappa shape index (κ2) is 5.48. The maximum absolute atomic E-state index is 11.1. The molecule has 13 heavy (non-hydrogen) atoms. The number of rotatable bonds is 5. The molecule has 0 radical (unpaired) electrons. The topological polar surface area (TPSA) is 66.4 Å². The Labute approximate surface area is 77.6 Å². The number of amides is 1. The molecule has 0 aromatic heterocycles. The molecule has 0 unspecified atom stereocenters. The van der Waals surface area contributed by atoms with Crippen molar-refractivity contribution in [3.05, 3.63) is 12.7 Å². The van der Waals surface area contributed by atoms with Crippen molar-refractivity contribution in [3.63, 3.8) is 0 Å². The predicted molar refractivity (Wildman–Crippen MR) is 49.1 cm³/mol. The van der Waals surface area contributed by atoms with Gasteiger partial charge in [0.05, 0.1) is 6.10 Å². The summed E-state index contributed by atoms with van der Waals surface area (Å²) in [4.78, 5) is 22.1. The molecule has 0 rings (SSSR count). The van der Waals surface area contributed by atoms with Gasteiger partial charge in [0, 0.05) is 6.42 Å². The van der Waals surface area contributed by atoms with Gasteiger partial charge in [-0.2, -0.15) is 0 Å². The van der Waals surface area contributed by atoms with E-state index in [0.717, 1.165) is 6.08 Å². The summed E-state index contributed by atoms with van der Waals surface area (Å²) < 4.78 is 0. The van der Waals surface area contributed by atoms with Crippen LogP contribution < -0.4 is 5.32 Å². The van der Waals surface area contributed by atoms with E-state index in [2.05, 4.69) is 11.9 Å². The lowest BCUT2D eigenvalue weighted by Gasteiger charge is -2.17. The average Bonchev–Trinajstić information content (AvgIpc) is 2.11. The average molecular weight is 185 g/mol. The smallest absolute Gasteiger partial charge is 0.220 e. The Morgan fingerprint density at radius 3 is 2.46 bits per heavy atom. The Bertz CT molecular complexity index is 211. The highest BCUT2D eigenvalue weighted by atomic mass is 16.3. The summed E-state index contributed by atoms with van der Waals surface area (Å²) >= 11 is 0. The molecule has 0 aromatic rings. The quantitative estimate of drug-likeness (QED) is 0.593. The van der Waals surface area contributed by atoms with Crippen molar-refractivity contribution in [2.75, 3.05) is 0 Å². The first-order valence-corrected chi connectivity index (χ1v) is 4.16. The van der Waals surface area contributed by atoms with Crippen LogP contribution in [-0.4, -0.2) is 28.9 Å². The molecular weight excluding hydrogens is 170 g/mol. The van der Waals surface area contributed by atoms with Gasteiger partial charge in [-0.05, 0) is 13.0 Å². The summed E-state index contributed by atoms with van der Waals surface area (Å²) in [5, 5.41) is 11.6. The van der Waals surface area contributed by atoms with Gasteiger partial charge in [0.1, 0.15) is 6.04 Å². The lowest BCUT2D eigenvalue weighted by Crippen LogP contribution is -2.46. The molecule has 4 nitrogen and oxygen atoms in total. The van der Waals surface area contributed by atoms with Crippen LogP contribution >= 0.6 is 0 Å². The summed E-state index contributed by atoms with van der Waals surface area (Å²) in [6.07, 6.45) is 0.474. The van der Waals surface area contributed by atoms with Crippen LogP contribution in [0.25, 0.3) is 0 Å². The third-order valence-electron chi connectivity index (χ3n) is 1.63. The number of aliphatic hydroxyl groups excluding tert-OH is 1. The summed E-state index contributed by atoms with van der Waals surface area (Å²) in [6, 6.07) is -0.870.